The van der Waals surface area contributed by atoms with E-state index in [2.05, 4.69) is 49.1 Å². The van der Waals surface area contributed by atoms with Gasteiger partial charge in [-0.15, -0.1) is 11.8 Å². The van der Waals surface area contributed by atoms with Gasteiger partial charge in [0.2, 0.25) is 0 Å². The molecule has 5 heteroatoms. The first-order valence-corrected chi connectivity index (χ1v) is 10.2. The molecule has 1 N–H and O–H groups in total. The van der Waals surface area contributed by atoms with E-state index in [0.29, 0.717) is 5.75 Å². The molecule has 0 bridgehead atoms. The van der Waals surface area contributed by atoms with Crippen LogP contribution in [0.1, 0.15) is 26.7 Å². The van der Waals surface area contributed by atoms with Crippen molar-refractivity contribution in [1.29, 1.82) is 0 Å². The van der Waals surface area contributed by atoms with Crippen LogP contribution in [-0.2, 0) is 4.79 Å². The summed E-state index contributed by atoms with van der Waals surface area (Å²) in [6.07, 6.45) is 4.45. The third kappa shape index (κ3) is 4.48. The van der Waals surface area contributed by atoms with Gasteiger partial charge in [0.1, 0.15) is 5.75 Å². The Morgan fingerprint density at radius 2 is 1.96 bits per heavy atom. The highest BCUT2D eigenvalue weighted by molar-refractivity contribution is 7.99. The molecule has 1 aliphatic rings. The second-order valence-corrected chi connectivity index (χ2v) is 7.82. The number of carboxylic acids is 1. The van der Waals surface area contributed by atoms with E-state index in [1.165, 1.54) is 17.6 Å². The monoisotopic (exact) mass is 383 g/mol. The number of para-hydroxylation sites is 1. The second kappa shape index (κ2) is 8.53. The molecule has 0 atom stereocenters. The van der Waals surface area contributed by atoms with Crippen molar-refractivity contribution in [3.8, 4) is 5.75 Å². The van der Waals surface area contributed by atoms with E-state index in [1.807, 2.05) is 30.0 Å². The van der Waals surface area contributed by atoms with Gasteiger partial charge in [0.15, 0.2) is 0 Å². The summed E-state index contributed by atoms with van der Waals surface area (Å²) in [5, 5.41) is 8.72. The molecule has 0 unspecified atom stereocenters. The lowest BCUT2D eigenvalue weighted by atomic mass is 9.83. The lowest BCUT2D eigenvalue weighted by Crippen LogP contribution is -2.35. The molecule has 0 radical (unpaired) electrons. The van der Waals surface area contributed by atoms with Gasteiger partial charge in [-0.3, -0.25) is 0 Å². The van der Waals surface area contributed by atoms with Gasteiger partial charge in [-0.05, 0) is 48.6 Å². The number of anilines is 2. The number of rotatable bonds is 6. The van der Waals surface area contributed by atoms with Crippen LogP contribution in [0, 0.1) is 5.41 Å². The maximum atomic E-state index is 10.6. The Bertz CT molecular complexity index is 816. The third-order valence-electron chi connectivity index (χ3n) is 5.23. The van der Waals surface area contributed by atoms with Gasteiger partial charge >= 0.3 is 5.97 Å². The van der Waals surface area contributed by atoms with E-state index >= 15 is 0 Å². The fraction of sp³-hybridized carbons (Fsp3) is 0.318. The standard InChI is InChI=1S/C22H25NO3S/c1-3-22(4-2)15-23(17-8-6-5-7-9-17)19-11-10-18(14-20(19)27-16-22)26-13-12-21(24)25/h5-14H,3-4,15-16H2,1-2H3,(H,24,25)/b13-12+. The molecule has 0 saturated heterocycles. The third-order valence-corrected chi connectivity index (χ3v) is 6.63. The summed E-state index contributed by atoms with van der Waals surface area (Å²) in [5.74, 6) is 0.669. The Hall–Kier alpha value is -2.40. The maximum Gasteiger partial charge on any atom is 0.331 e. The number of hydrogen-bond donors (Lipinski definition) is 1. The summed E-state index contributed by atoms with van der Waals surface area (Å²) in [6.45, 7) is 5.52. The van der Waals surface area contributed by atoms with Gasteiger partial charge in [-0.1, -0.05) is 32.0 Å². The SMILES string of the molecule is CCC1(CC)CSc2cc(O/C=C/C(=O)O)ccc2N(c2ccccc2)C1. The molecule has 0 aliphatic carbocycles. The number of thioether (sulfide) groups is 1. The Morgan fingerprint density at radius 3 is 2.63 bits per heavy atom. The number of ether oxygens (including phenoxy) is 1. The lowest BCUT2D eigenvalue weighted by molar-refractivity contribution is -0.131. The highest BCUT2D eigenvalue weighted by Gasteiger charge is 2.34. The van der Waals surface area contributed by atoms with Gasteiger partial charge < -0.3 is 14.7 Å². The van der Waals surface area contributed by atoms with Crippen molar-refractivity contribution in [2.24, 2.45) is 5.41 Å². The van der Waals surface area contributed by atoms with Crippen LogP contribution in [0.5, 0.6) is 5.75 Å². The van der Waals surface area contributed by atoms with Gasteiger partial charge in [0, 0.05) is 22.9 Å². The van der Waals surface area contributed by atoms with Crippen LogP contribution in [-0.4, -0.2) is 23.4 Å². The summed E-state index contributed by atoms with van der Waals surface area (Å²) in [4.78, 5) is 14.2. The molecule has 1 aliphatic heterocycles. The van der Waals surface area contributed by atoms with Crippen LogP contribution in [0.3, 0.4) is 0 Å². The van der Waals surface area contributed by atoms with E-state index in [0.717, 1.165) is 36.1 Å². The normalized spacial score (nSPS) is 16.0. The fourth-order valence-corrected chi connectivity index (χ4v) is 4.78. The van der Waals surface area contributed by atoms with Gasteiger partial charge in [0.05, 0.1) is 18.0 Å². The Morgan fingerprint density at radius 1 is 1.22 bits per heavy atom. The maximum absolute atomic E-state index is 10.6. The summed E-state index contributed by atoms with van der Waals surface area (Å²) in [7, 11) is 0. The molecule has 2 aromatic carbocycles. The highest BCUT2D eigenvalue weighted by atomic mass is 32.2. The lowest BCUT2D eigenvalue weighted by Gasteiger charge is -2.35. The molecule has 27 heavy (non-hydrogen) atoms. The molecule has 3 rings (SSSR count). The van der Waals surface area contributed by atoms with E-state index in [4.69, 9.17) is 9.84 Å². The molecule has 0 saturated carbocycles. The van der Waals surface area contributed by atoms with Crippen LogP contribution < -0.4 is 9.64 Å². The van der Waals surface area contributed by atoms with Crippen molar-refractivity contribution in [2.45, 2.75) is 31.6 Å². The molecule has 2 aromatic rings. The van der Waals surface area contributed by atoms with E-state index in [1.54, 1.807) is 0 Å². The number of fused-ring (bicyclic) bond motifs is 1. The number of hydrogen-bond acceptors (Lipinski definition) is 4. The summed E-state index contributed by atoms with van der Waals surface area (Å²) < 4.78 is 5.48. The number of benzene rings is 2. The molecular formula is C22H25NO3S. The molecule has 0 fully saturated rings. The minimum atomic E-state index is -1.02. The number of carboxylic acid groups (broad SMARTS) is 1. The zero-order valence-corrected chi connectivity index (χ0v) is 16.5. The number of carbonyl (C=O) groups is 1. The van der Waals surface area contributed by atoms with Crippen molar-refractivity contribution in [3.63, 3.8) is 0 Å². The number of nitrogens with zero attached hydrogens (tertiary/aromatic N) is 1. The highest BCUT2D eigenvalue weighted by Crippen LogP contribution is 2.46. The zero-order valence-electron chi connectivity index (χ0n) is 15.7. The Balaban J connectivity index is 1.98. The fourth-order valence-electron chi connectivity index (χ4n) is 3.29. The largest absolute Gasteiger partial charge is 0.478 e. The van der Waals surface area contributed by atoms with Crippen molar-refractivity contribution in [3.05, 3.63) is 60.9 Å². The predicted octanol–water partition coefficient (Wildman–Crippen LogP) is 5.71. The molecular weight excluding hydrogens is 358 g/mol. The van der Waals surface area contributed by atoms with Crippen LogP contribution in [0.25, 0.3) is 0 Å². The van der Waals surface area contributed by atoms with Crippen molar-refractivity contribution < 1.29 is 14.6 Å². The van der Waals surface area contributed by atoms with Crippen LogP contribution in [0.2, 0.25) is 0 Å². The van der Waals surface area contributed by atoms with Crippen molar-refractivity contribution >= 4 is 29.1 Å². The molecule has 142 valence electrons. The first-order valence-electron chi connectivity index (χ1n) is 9.22. The minimum absolute atomic E-state index is 0.240. The minimum Gasteiger partial charge on any atom is -0.478 e. The van der Waals surface area contributed by atoms with E-state index in [-0.39, 0.29) is 5.41 Å². The quantitative estimate of drug-likeness (QED) is 0.511. The van der Waals surface area contributed by atoms with E-state index < -0.39 is 5.97 Å². The molecule has 4 nitrogen and oxygen atoms in total. The van der Waals surface area contributed by atoms with Crippen molar-refractivity contribution in [2.75, 3.05) is 17.2 Å². The smallest absolute Gasteiger partial charge is 0.331 e. The molecule has 0 aromatic heterocycles. The molecule has 1 heterocycles. The first-order chi connectivity index (χ1) is 13.1. The second-order valence-electron chi connectivity index (χ2n) is 6.81. The Labute approximate surface area is 164 Å². The summed E-state index contributed by atoms with van der Waals surface area (Å²) >= 11 is 1.86. The van der Waals surface area contributed by atoms with E-state index in [9.17, 15) is 4.79 Å². The average Bonchev–Trinajstić information content (AvgIpc) is 2.86. The topological polar surface area (TPSA) is 49.8 Å². The molecule has 0 amide bonds. The van der Waals surface area contributed by atoms with Gasteiger partial charge in [0.25, 0.3) is 0 Å². The predicted molar refractivity (Wildman–Crippen MR) is 111 cm³/mol. The average molecular weight is 384 g/mol. The summed E-state index contributed by atoms with van der Waals surface area (Å²) in [5.41, 5.74) is 2.60. The zero-order chi connectivity index (χ0) is 19.3. The van der Waals surface area contributed by atoms with Crippen LogP contribution in [0.15, 0.2) is 65.8 Å². The van der Waals surface area contributed by atoms with Crippen LogP contribution in [0.4, 0.5) is 11.4 Å². The number of aliphatic carboxylic acids is 1. The molecule has 0 spiro atoms. The Kier molecular flexibility index (Phi) is 6.11. The summed E-state index contributed by atoms with van der Waals surface area (Å²) in [6, 6.07) is 16.4. The van der Waals surface area contributed by atoms with Gasteiger partial charge in [-0.2, -0.15) is 0 Å². The first kappa shape index (κ1) is 19.4. The van der Waals surface area contributed by atoms with Gasteiger partial charge in [-0.25, -0.2) is 4.79 Å². The van der Waals surface area contributed by atoms with Crippen LogP contribution >= 0.6 is 11.8 Å². The van der Waals surface area contributed by atoms with Crippen molar-refractivity contribution in [1.82, 2.24) is 0 Å².